The minimum atomic E-state index is -1.03. The average Bonchev–Trinajstić information content (AvgIpc) is 3.30. The molecule has 2 saturated heterocycles. The van der Waals surface area contributed by atoms with Gasteiger partial charge in [-0.3, -0.25) is 0 Å². The van der Waals surface area contributed by atoms with Gasteiger partial charge in [-0.15, -0.1) is 0 Å². The number of carboxylic acid groups (broad SMARTS) is 1. The van der Waals surface area contributed by atoms with Gasteiger partial charge in [0.2, 0.25) is 10.9 Å². The van der Waals surface area contributed by atoms with E-state index in [0.717, 1.165) is 61.9 Å². The van der Waals surface area contributed by atoms with Gasteiger partial charge in [-0.1, -0.05) is 23.5 Å². The van der Waals surface area contributed by atoms with Crippen molar-refractivity contribution < 1.29 is 23.8 Å². The highest BCUT2D eigenvalue weighted by Crippen LogP contribution is 2.65. The molecule has 1 N–H and O–H groups in total. The van der Waals surface area contributed by atoms with Crippen LogP contribution in [0.2, 0.25) is 0 Å². The second-order valence-corrected chi connectivity index (χ2v) is 11.9. The van der Waals surface area contributed by atoms with Crippen LogP contribution >= 0.6 is 11.3 Å². The van der Waals surface area contributed by atoms with Crippen molar-refractivity contribution >= 4 is 33.6 Å². The van der Waals surface area contributed by atoms with Gasteiger partial charge in [0.15, 0.2) is 5.65 Å². The van der Waals surface area contributed by atoms with Crippen LogP contribution in [0.25, 0.3) is 10.5 Å². The quantitative estimate of drug-likeness (QED) is 0.318. The van der Waals surface area contributed by atoms with Gasteiger partial charge >= 0.3 is 5.97 Å². The number of benzene rings is 1. The van der Waals surface area contributed by atoms with Gasteiger partial charge in [-0.25, -0.2) is 19.2 Å². The first kappa shape index (κ1) is 25.9. The number of pyridine rings is 1. The molecule has 0 radical (unpaired) electrons. The van der Waals surface area contributed by atoms with E-state index >= 15 is 0 Å². The summed E-state index contributed by atoms with van der Waals surface area (Å²) < 4.78 is 27.9. The smallest absolute Gasteiger partial charge is 0.365 e. The summed E-state index contributed by atoms with van der Waals surface area (Å²) in [5.41, 5.74) is 1.32. The first-order chi connectivity index (χ1) is 19.9. The maximum Gasteiger partial charge on any atom is 0.365 e. The standard InChI is InChI=1S/C29H27FN6O4S/c30-21-12-17(14-31)4-5-18(21)16-40-23-3-1-2-22(32-23)35-9-7-29(8-10-35)13-20(29)25-33-24-27(41-26(34-24)28(37)38)36(25)15-19-6-11-39-19/h1-5,12,19-20H,6-11,13,15-16H2,(H,37,38)/t19-,20?/m0/s1. The molecule has 2 aliphatic heterocycles. The van der Waals surface area contributed by atoms with Crippen LogP contribution in [0.3, 0.4) is 0 Å². The summed E-state index contributed by atoms with van der Waals surface area (Å²) in [5.74, 6) is 1.06. The number of piperidine rings is 1. The molecule has 2 atom stereocenters. The fourth-order valence-corrected chi connectivity index (χ4v) is 6.85. The molecule has 0 amide bonds. The molecule has 5 heterocycles. The number of hydrogen-bond acceptors (Lipinski definition) is 9. The summed E-state index contributed by atoms with van der Waals surface area (Å²) in [5, 5.41) is 18.4. The molecule has 1 saturated carbocycles. The minimum Gasteiger partial charge on any atom is -0.476 e. The number of rotatable bonds is 8. The molecule has 1 unspecified atom stereocenters. The number of imidazole rings is 1. The number of carboxylic acids is 1. The first-order valence-electron chi connectivity index (χ1n) is 13.7. The summed E-state index contributed by atoms with van der Waals surface area (Å²) in [7, 11) is 0. The van der Waals surface area contributed by atoms with E-state index < -0.39 is 11.8 Å². The fourth-order valence-electron chi connectivity index (χ4n) is 5.98. The highest BCUT2D eigenvalue weighted by molar-refractivity contribution is 7.19. The predicted molar refractivity (Wildman–Crippen MR) is 148 cm³/mol. The van der Waals surface area contributed by atoms with Crippen molar-refractivity contribution in [2.24, 2.45) is 5.41 Å². The largest absolute Gasteiger partial charge is 0.476 e. The van der Waals surface area contributed by atoms with Gasteiger partial charge in [0.05, 0.1) is 24.3 Å². The molecule has 210 valence electrons. The molecule has 4 aromatic rings. The molecule has 1 aliphatic carbocycles. The third kappa shape index (κ3) is 4.79. The molecule has 3 aliphatic rings. The van der Waals surface area contributed by atoms with Crippen molar-refractivity contribution in [3.63, 3.8) is 0 Å². The molecular weight excluding hydrogens is 547 g/mol. The van der Waals surface area contributed by atoms with Crippen molar-refractivity contribution in [3.8, 4) is 11.9 Å². The summed E-state index contributed by atoms with van der Waals surface area (Å²) in [4.78, 5) is 28.4. The van der Waals surface area contributed by atoms with Crippen LogP contribution in [0.15, 0.2) is 36.4 Å². The lowest BCUT2D eigenvalue weighted by atomic mass is 9.90. The first-order valence-corrected chi connectivity index (χ1v) is 14.5. The molecule has 1 aromatic carbocycles. The van der Waals surface area contributed by atoms with E-state index in [0.29, 0.717) is 29.6 Å². The Morgan fingerprint density at radius 3 is 2.78 bits per heavy atom. The van der Waals surface area contributed by atoms with Crippen LogP contribution in [0.5, 0.6) is 5.88 Å². The number of nitrogens with zero attached hydrogens (tertiary/aromatic N) is 6. The predicted octanol–water partition coefficient (Wildman–Crippen LogP) is 4.74. The lowest BCUT2D eigenvalue weighted by Gasteiger charge is -2.34. The number of hydrogen-bond donors (Lipinski definition) is 1. The summed E-state index contributed by atoms with van der Waals surface area (Å²) in [6, 6.07) is 11.9. The Balaban J connectivity index is 1.02. The fraction of sp³-hybridized carbons (Fsp3) is 0.414. The van der Waals surface area contributed by atoms with Gasteiger partial charge in [-0.2, -0.15) is 10.2 Å². The minimum absolute atomic E-state index is 0.0254. The molecule has 12 heteroatoms. The lowest BCUT2D eigenvalue weighted by molar-refractivity contribution is -0.0590. The molecule has 7 rings (SSSR count). The van der Waals surface area contributed by atoms with Crippen LogP contribution < -0.4 is 9.64 Å². The van der Waals surface area contributed by atoms with Gasteiger partial charge in [0, 0.05) is 37.2 Å². The monoisotopic (exact) mass is 574 g/mol. The van der Waals surface area contributed by atoms with Gasteiger partial charge in [0.25, 0.3) is 0 Å². The Morgan fingerprint density at radius 2 is 2.07 bits per heavy atom. The Bertz CT molecular complexity index is 1680. The van der Waals surface area contributed by atoms with Crippen LogP contribution in [0, 0.1) is 22.6 Å². The number of aromatic carboxylic acids is 1. The zero-order valence-corrected chi connectivity index (χ0v) is 22.9. The number of ether oxygens (including phenoxy) is 2. The Morgan fingerprint density at radius 1 is 1.24 bits per heavy atom. The molecule has 41 heavy (non-hydrogen) atoms. The van der Waals surface area contributed by atoms with Crippen LogP contribution in [0.4, 0.5) is 10.2 Å². The number of nitriles is 1. The second kappa shape index (κ2) is 10.1. The highest BCUT2D eigenvalue weighted by Gasteiger charge is 2.57. The Kier molecular flexibility index (Phi) is 6.36. The van der Waals surface area contributed by atoms with Crippen molar-refractivity contribution in [2.45, 2.75) is 50.9 Å². The number of carbonyl (C=O) groups is 1. The third-order valence-corrected chi connectivity index (χ3v) is 9.60. The van der Waals surface area contributed by atoms with E-state index in [4.69, 9.17) is 19.7 Å². The van der Waals surface area contributed by atoms with E-state index in [9.17, 15) is 14.3 Å². The van der Waals surface area contributed by atoms with Gasteiger partial charge < -0.3 is 24.0 Å². The van der Waals surface area contributed by atoms with E-state index in [1.165, 1.54) is 17.4 Å². The summed E-state index contributed by atoms with van der Waals surface area (Å²) >= 11 is 1.19. The molecule has 1 spiro atoms. The van der Waals surface area contributed by atoms with Gasteiger partial charge in [0.1, 0.15) is 28.9 Å². The number of anilines is 1. The van der Waals surface area contributed by atoms with Crippen LogP contribution in [0.1, 0.15) is 58.4 Å². The van der Waals surface area contributed by atoms with Crippen molar-refractivity contribution in [1.82, 2.24) is 19.5 Å². The van der Waals surface area contributed by atoms with Crippen molar-refractivity contribution in [3.05, 3.63) is 64.2 Å². The second-order valence-electron chi connectivity index (χ2n) is 11.0. The number of thiazole rings is 1. The van der Waals surface area contributed by atoms with E-state index in [1.54, 1.807) is 18.2 Å². The Hall–Kier alpha value is -4.08. The molecule has 0 bridgehead atoms. The van der Waals surface area contributed by atoms with E-state index in [-0.39, 0.29) is 28.7 Å². The van der Waals surface area contributed by atoms with Gasteiger partial charge in [-0.05, 0) is 49.3 Å². The SMILES string of the molecule is N#Cc1ccc(COc2cccc(N3CCC4(CC3)CC4c3nc4nc(C(=O)O)sc4n3C[C@@H]3CCO3)n2)c(F)c1. The van der Waals surface area contributed by atoms with Crippen molar-refractivity contribution in [1.29, 1.82) is 5.26 Å². The Labute approximate surface area is 239 Å². The number of aromatic nitrogens is 4. The number of fused-ring (bicyclic) bond motifs is 1. The van der Waals surface area contributed by atoms with Crippen LogP contribution in [-0.4, -0.2) is 56.4 Å². The molecule has 10 nitrogen and oxygen atoms in total. The maximum atomic E-state index is 14.2. The number of halogens is 1. The topological polar surface area (TPSA) is 126 Å². The normalized spacial score (nSPS) is 21.0. The maximum absolute atomic E-state index is 14.2. The summed E-state index contributed by atoms with van der Waals surface area (Å²) in [6.07, 6.45) is 4.17. The average molecular weight is 575 g/mol. The van der Waals surface area contributed by atoms with Crippen LogP contribution in [-0.2, 0) is 17.9 Å². The van der Waals surface area contributed by atoms with E-state index in [1.807, 2.05) is 18.2 Å². The van der Waals surface area contributed by atoms with E-state index in [2.05, 4.69) is 19.4 Å². The van der Waals surface area contributed by atoms with Crippen molar-refractivity contribution in [2.75, 3.05) is 24.6 Å². The zero-order valence-electron chi connectivity index (χ0n) is 22.1. The zero-order chi connectivity index (χ0) is 28.1. The molecule has 3 fully saturated rings. The lowest BCUT2D eigenvalue weighted by Crippen LogP contribution is -2.36. The summed E-state index contributed by atoms with van der Waals surface area (Å²) in [6.45, 7) is 3.15. The highest BCUT2D eigenvalue weighted by atomic mass is 32.1. The molecular formula is C29H27FN6O4S. The third-order valence-electron chi connectivity index (χ3n) is 8.55. The molecule has 3 aromatic heterocycles.